The first-order valence-corrected chi connectivity index (χ1v) is 13.6. The smallest absolute Gasteiger partial charge is 0.254 e. The average Bonchev–Trinajstić information content (AvgIpc) is 3.53. The fraction of sp³-hybridized carbons (Fsp3) is 0.250. The van der Waals surface area contributed by atoms with E-state index in [0.29, 0.717) is 37.2 Å². The van der Waals surface area contributed by atoms with Gasteiger partial charge in [0.05, 0.1) is 9.35 Å². The number of nitrogens with zero attached hydrogens (tertiary/aromatic N) is 1. The zero-order chi connectivity index (χ0) is 28.4. The number of Topliss-reactive ketones (excluding diaryl/α,β-unsaturated/α-hetero) is 1. The van der Waals surface area contributed by atoms with Crippen LogP contribution in [0.2, 0.25) is 0 Å². The number of benzene rings is 3. The summed E-state index contributed by atoms with van der Waals surface area (Å²) >= 11 is 1.62. The third kappa shape index (κ3) is 7.88. The Bertz CT molecular complexity index is 1380. The maximum atomic E-state index is 13.9. The lowest BCUT2D eigenvalue weighted by Crippen LogP contribution is -2.30. The van der Waals surface area contributed by atoms with E-state index in [-0.39, 0.29) is 17.9 Å². The average molecular weight is 530 g/mol. The van der Waals surface area contributed by atoms with Crippen LogP contribution in [0, 0.1) is 0 Å². The number of aliphatic hydroxyl groups is 1. The van der Waals surface area contributed by atoms with Gasteiger partial charge in [-0.05, 0) is 60.0 Å². The molecule has 196 valence electrons. The molecule has 0 aliphatic carbocycles. The van der Waals surface area contributed by atoms with Crippen LogP contribution in [0.5, 0.6) is 5.75 Å². The molecule has 0 saturated heterocycles. The van der Waals surface area contributed by atoms with Gasteiger partial charge in [-0.1, -0.05) is 66.7 Å². The molecule has 0 fully saturated rings. The SMILES string of the molecule is [2H]C([2H])(c1ccccc1OCCCCCC(=O)CO)N(Cc1ccccc1)C(=O)c1ccc(-c2cccs2)cc1. The number of carbonyl (C=O) groups excluding carboxylic acids is 2. The molecule has 5 nitrogen and oxygen atoms in total. The van der Waals surface area contributed by atoms with E-state index in [2.05, 4.69) is 0 Å². The lowest BCUT2D eigenvalue weighted by atomic mass is 10.1. The first-order chi connectivity index (χ1) is 19.4. The lowest BCUT2D eigenvalue weighted by molar-refractivity contribution is -0.121. The van der Waals surface area contributed by atoms with Crippen molar-refractivity contribution in [3.63, 3.8) is 0 Å². The molecule has 0 spiro atoms. The van der Waals surface area contributed by atoms with E-state index in [1.807, 2.05) is 60.0 Å². The Labute approximate surface area is 231 Å². The van der Waals surface area contributed by atoms with Crippen LogP contribution in [-0.2, 0) is 17.8 Å². The van der Waals surface area contributed by atoms with E-state index in [4.69, 9.17) is 9.84 Å². The topological polar surface area (TPSA) is 66.8 Å². The van der Waals surface area contributed by atoms with Crippen LogP contribution in [0.1, 0.15) is 49.9 Å². The highest BCUT2D eigenvalue weighted by atomic mass is 32.1. The normalized spacial score (nSPS) is 11.9. The Kier molecular flexibility index (Phi) is 9.23. The highest BCUT2D eigenvalue weighted by molar-refractivity contribution is 7.13. The third-order valence-electron chi connectivity index (χ3n) is 6.04. The number of hydrogen-bond donors (Lipinski definition) is 1. The molecule has 1 aromatic heterocycles. The van der Waals surface area contributed by atoms with Crippen LogP contribution in [0.25, 0.3) is 10.4 Å². The summed E-state index contributed by atoms with van der Waals surface area (Å²) in [7, 11) is 0. The van der Waals surface area contributed by atoms with Gasteiger partial charge in [0.15, 0.2) is 5.78 Å². The number of hydrogen-bond acceptors (Lipinski definition) is 5. The maximum absolute atomic E-state index is 13.9. The van der Waals surface area contributed by atoms with Crippen molar-refractivity contribution >= 4 is 23.0 Å². The predicted octanol–water partition coefficient (Wildman–Crippen LogP) is 6.76. The largest absolute Gasteiger partial charge is 0.493 e. The Balaban J connectivity index is 1.56. The van der Waals surface area contributed by atoms with Gasteiger partial charge < -0.3 is 14.7 Å². The number of ketones is 1. The summed E-state index contributed by atoms with van der Waals surface area (Å²) in [5.74, 6) is -0.225. The van der Waals surface area contributed by atoms with Gasteiger partial charge in [0, 0.05) is 35.5 Å². The number of amides is 1. The lowest BCUT2D eigenvalue weighted by Gasteiger charge is -2.24. The molecule has 1 N–H and O–H groups in total. The highest BCUT2D eigenvalue weighted by Crippen LogP contribution is 2.26. The van der Waals surface area contributed by atoms with Gasteiger partial charge in [0.2, 0.25) is 0 Å². The second kappa shape index (κ2) is 14.3. The molecule has 4 rings (SSSR count). The van der Waals surface area contributed by atoms with E-state index in [1.165, 1.54) is 4.90 Å². The van der Waals surface area contributed by atoms with Crippen molar-refractivity contribution in [2.24, 2.45) is 0 Å². The molecule has 38 heavy (non-hydrogen) atoms. The van der Waals surface area contributed by atoms with Crippen LogP contribution in [0.15, 0.2) is 96.4 Å². The summed E-state index contributed by atoms with van der Waals surface area (Å²) in [6, 6.07) is 27.5. The second-order valence-electron chi connectivity index (χ2n) is 8.90. The Morgan fingerprint density at radius 1 is 0.868 bits per heavy atom. The second-order valence-corrected chi connectivity index (χ2v) is 9.84. The van der Waals surface area contributed by atoms with Crippen molar-refractivity contribution in [1.29, 1.82) is 0 Å². The molecule has 0 aliphatic heterocycles. The fourth-order valence-corrected chi connectivity index (χ4v) is 4.73. The van der Waals surface area contributed by atoms with Crippen molar-refractivity contribution in [3.05, 3.63) is 113 Å². The molecule has 0 unspecified atom stereocenters. The molecule has 1 heterocycles. The summed E-state index contributed by atoms with van der Waals surface area (Å²) in [5, 5.41) is 10.9. The molecule has 0 radical (unpaired) electrons. The van der Waals surface area contributed by atoms with E-state index >= 15 is 0 Å². The van der Waals surface area contributed by atoms with Gasteiger partial charge in [0.25, 0.3) is 5.91 Å². The van der Waals surface area contributed by atoms with E-state index in [9.17, 15) is 12.3 Å². The quantitative estimate of drug-likeness (QED) is 0.183. The van der Waals surface area contributed by atoms with Gasteiger partial charge in [0.1, 0.15) is 12.4 Å². The first-order valence-electron chi connectivity index (χ1n) is 13.7. The van der Waals surface area contributed by atoms with E-state index in [1.54, 1.807) is 47.7 Å². The van der Waals surface area contributed by atoms with Gasteiger partial charge in [-0.15, -0.1) is 11.3 Å². The van der Waals surface area contributed by atoms with E-state index < -0.39 is 19.0 Å². The van der Waals surface area contributed by atoms with E-state index in [0.717, 1.165) is 22.4 Å². The van der Waals surface area contributed by atoms with Crippen molar-refractivity contribution in [3.8, 4) is 16.2 Å². The molecule has 4 aromatic rings. The third-order valence-corrected chi connectivity index (χ3v) is 6.96. The molecule has 0 saturated carbocycles. The standard InChI is InChI=1S/C32H33NO4S/c34-24-29(35)13-5-2-8-20-37-30-14-7-6-12-28(30)23-33(22-25-10-3-1-4-11-25)32(36)27-18-16-26(17-19-27)31-15-9-21-38-31/h1,3-4,6-7,9-12,14-19,21,34H,2,5,8,13,20,22-24H2/i23D2. The summed E-state index contributed by atoms with van der Waals surface area (Å²) in [6.45, 7) is -2.19. The summed E-state index contributed by atoms with van der Waals surface area (Å²) in [4.78, 5) is 27.5. The van der Waals surface area contributed by atoms with Crippen molar-refractivity contribution < 1.29 is 22.2 Å². The predicted molar refractivity (Wildman–Crippen MR) is 152 cm³/mol. The van der Waals surface area contributed by atoms with Gasteiger partial charge in [-0.25, -0.2) is 0 Å². The minimum Gasteiger partial charge on any atom is -0.493 e. The fourth-order valence-electron chi connectivity index (χ4n) is 4.00. The Morgan fingerprint density at radius 3 is 2.37 bits per heavy atom. The minimum atomic E-state index is -2.18. The van der Waals surface area contributed by atoms with Gasteiger partial charge in [-0.3, -0.25) is 9.59 Å². The molecule has 3 aromatic carbocycles. The Hall–Kier alpha value is -3.74. The van der Waals surface area contributed by atoms with Gasteiger partial charge >= 0.3 is 0 Å². The minimum absolute atomic E-state index is 0.0760. The highest BCUT2D eigenvalue weighted by Gasteiger charge is 2.19. The zero-order valence-corrected chi connectivity index (χ0v) is 22.0. The van der Waals surface area contributed by atoms with Crippen molar-refractivity contribution in [2.75, 3.05) is 13.2 Å². The first kappa shape index (κ1) is 24.6. The molecule has 0 aliphatic rings. The molecular weight excluding hydrogens is 494 g/mol. The number of para-hydroxylation sites is 1. The molecule has 6 heteroatoms. The number of ether oxygens (including phenoxy) is 1. The van der Waals surface area contributed by atoms with Gasteiger partial charge in [-0.2, -0.15) is 0 Å². The van der Waals surface area contributed by atoms with Crippen LogP contribution in [0.4, 0.5) is 0 Å². The van der Waals surface area contributed by atoms with Crippen LogP contribution in [-0.4, -0.2) is 34.9 Å². The molecular formula is C32H33NO4S. The van der Waals surface area contributed by atoms with Crippen LogP contribution >= 0.6 is 11.3 Å². The maximum Gasteiger partial charge on any atom is 0.254 e. The zero-order valence-electron chi connectivity index (χ0n) is 23.2. The molecule has 1 amide bonds. The Morgan fingerprint density at radius 2 is 1.63 bits per heavy atom. The number of carbonyl (C=O) groups is 2. The molecule has 0 atom stereocenters. The van der Waals surface area contributed by atoms with Crippen molar-refractivity contribution in [1.82, 2.24) is 4.90 Å². The number of aliphatic hydroxyl groups excluding tert-OH is 1. The van der Waals surface area contributed by atoms with Crippen LogP contribution in [0.3, 0.4) is 0 Å². The van der Waals surface area contributed by atoms with Crippen molar-refractivity contribution in [2.45, 2.75) is 38.7 Å². The summed E-state index contributed by atoms with van der Waals surface area (Å²) < 4.78 is 24.4. The number of thiophene rings is 1. The summed E-state index contributed by atoms with van der Waals surface area (Å²) in [6.07, 6.45) is 2.43. The monoisotopic (exact) mass is 529 g/mol. The summed E-state index contributed by atoms with van der Waals surface area (Å²) in [5.41, 5.74) is 2.48. The number of rotatable bonds is 14. The van der Waals surface area contributed by atoms with Crippen LogP contribution < -0.4 is 4.74 Å². The molecule has 0 bridgehead atoms. The number of unbranched alkanes of at least 4 members (excludes halogenated alkanes) is 2.